The molecule has 6 heteroatoms. The Kier molecular flexibility index (Phi) is 6.44. The monoisotopic (exact) mass is 323 g/mol. The average molecular weight is 323 g/mol. The molecule has 0 amide bonds. The molecule has 0 aromatic carbocycles. The number of aliphatic hydroxyl groups excluding tert-OH is 1. The minimum absolute atomic E-state index is 0.310. The van der Waals surface area contributed by atoms with Crippen molar-refractivity contribution in [3.05, 3.63) is 11.3 Å². The van der Waals surface area contributed by atoms with E-state index in [1.807, 2.05) is 25.8 Å². The number of anilines is 1. The van der Waals surface area contributed by atoms with Gasteiger partial charge in [0.15, 0.2) is 0 Å². The molecule has 1 fully saturated rings. The van der Waals surface area contributed by atoms with Crippen molar-refractivity contribution in [2.45, 2.75) is 45.3 Å². The third kappa shape index (κ3) is 4.68. The number of aliphatic hydroxyl groups is 1. The number of likely N-dealkylation sites (tertiary alicyclic amines) is 1. The van der Waals surface area contributed by atoms with Crippen molar-refractivity contribution < 1.29 is 5.11 Å². The third-order valence-corrected chi connectivity index (χ3v) is 4.46. The van der Waals surface area contributed by atoms with Gasteiger partial charge in [-0.3, -0.25) is 4.68 Å². The molecule has 0 aliphatic carbocycles. The van der Waals surface area contributed by atoms with Crippen molar-refractivity contribution in [1.82, 2.24) is 20.0 Å². The number of hydrogen-bond donors (Lipinski definition) is 2. The van der Waals surface area contributed by atoms with Gasteiger partial charge in [-0.15, -0.1) is 0 Å². The Labute approximate surface area is 140 Å². The van der Waals surface area contributed by atoms with Gasteiger partial charge < -0.3 is 20.2 Å². The maximum Gasteiger partial charge on any atom is 0.130 e. The lowest BCUT2D eigenvalue weighted by Gasteiger charge is -2.20. The quantitative estimate of drug-likeness (QED) is 0.752. The van der Waals surface area contributed by atoms with Gasteiger partial charge in [0.1, 0.15) is 5.82 Å². The van der Waals surface area contributed by atoms with Gasteiger partial charge in [-0.05, 0) is 31.8 Å². The summed E-state index contributed by atoms with van der Waals surface area (Å²) in [4.78, 5) is 4.46. The third-order valence-electron chi connectivity index (χ3n) is 4.46. The highest BCUT2D eigenvalue weighted by molar-refractivity contribution is 5.50. The van der Waals surface area contributed by atoms with Crippen molar-refractivity contribution in [3.8, 4) is 0 Å². The van der Waals surface area contributed by atoms with Crippen LogP contribution in [0.1, 0.15) is 43.9 Å². The van der Waals surface area contributed by atoms with Gasteiger partial charge in [-0.1, -0.05) is 13.8 Å². The lowest BCUT2D eigenvalue weighted by molar-refractivity contribution is 0.123. The summed E-state index contributed by atoms with van der Waals surface area (Å²) < 4.78 is 1.95. The number of hydrogen-bond acceptors (Lipinski definition) is 5. The van der Waals surface area contributed by atoms with Crippen LogP contribution in [-0.4, -0.2) is 66.2 Å². The smallest absolute Gasteiger partial charge is 0.130 e. The van der Waals surface area contributed by atoms with Crippen LogP contribution in [0.2, 0.25) is 0 Å². The van der Waals surface area contributed by atoms with E-state index in [0.717, 1.165) is 37.7 Å². The van der Waals surface area contributed by atoms with Crippen molar-refractivity contribution in [2.24, 2.45) is 7.05 Å². The lowest BCUT2D eigenvalue weighted by atomic mass is 10.1. The highest BCUT2D eigenvalue weighted by Crippen LogP contribution is 2.27. The first-order chi connectivity index (χ1) is 10.9. The van der Waals surface area contributed by atoms with Crippen LogP contribution in [0.4, 0.5) is 5.82 Å². The molecule has 1 atom stereocenters. The zero-order valence-corrected chi connectivity index (χ0v) is 15.3. The Morgan fingerprint density at radius 3 is 2.48 bits per heavy atom. The highest BCUT2D eigenvalue weighted by atomic mass is 16.3. The van der Waals surface area contributed by atoms with Crippen LogP contribution >= 0.6 is 0 Å². The maximum atomic E-state index is 10.2. The van der Waals surface area contributed by atoms with Crippen molar-refractivity contribution in [1.29, 1.82) is 0 Å². The molecule has 0 unspecified atom stereocenters. The fourth-order valence-corrected chi connectivity index (χ4v) is 3.46. The molecule has 0 bridgehead atoms. The van der Waals surface area contributed by atoms with E-state index in [1.165, 1.54) is 18.4 Å². The van der Waals surface area contributed by atoms with Gasteiger partial charge in [0.2, 0.25) is 0 Å². The standard InChI is InChI=1S/C17H33N5O/c1-13(2)16-15(17(20(3)4)21(5)19-16)11-18-10-14(23)12-22-8-6-7-9-22/h13-14,18,23H,6-12H2,1-5H3/t14-/m1/s1. The molecule has 0 spiro atoms. The van der Waals surface area contributed by atoms with Crippen LogP contribution in [-0.2, 0) is 13.6 Å². The summed E-state index contributed by atoms with van der Waals surface area (Å²) in [6.45, 7) is 8.74. The molecule has 2 rings (SSSR count). The number of rotatable bonds is 8. The second kappa shape index (κ2) is 8.13. The van der Waals surface area contributed by atoms with Gasteiger partial charge in [-0.2, -0.15) is 5.10 Å². The Bertz CT molecular complexity index is 491. The lowest BCUT2D eigenvalue weighted by Crippen LogP contribution is -2.37. The van der Waals surface area contributed by atoms with Crippen LogP contribution in [0.15, 0.2) is 0 Å². The molecule has 2 N–H and O–H groups in total. The molecular formula is C17H33N5O. The SMILES string of the molecule is CC(C)c1nn(C)c(N(C)C)c1CNC[C@@H](O)CN1CCCC1. The van der Waals surface area contributed by atoms with Gasteiger partial charge in [0, 0.05) is 46.3 Å². The zero-order valence-electron chi connectivity index (χ0n) is 15.3. The number of aromatic nitrogens is 2. The molecule has 1 aliphatic heterocycles. The van der Waals surface area contributed by atoms with Gasteiger partial charge in [0.25, 0.3) is 0 Å². The number of β-amino-alcohol motifs (C(OH)–C–C–N with tert-alkyl or cyclic N) is 1. The zero-order chi connectivity index (χ0) is 17.0. The normalized spacial score (nSPS) is 17.2. The second-order valence-electron chi connectivity index (χ2n) is 7.15. The predicted octanol–water partition coefficient (Wildman–Crippen LogP) is 1.16. The Morgan fingerprint density at radius 1 is 1.26 bits per heavy atom. The van der Waals surface area contributed by atoms with Gasteiger partial charge >= 0.3 is 0 Å². The fourth-order valence-electron chi connectivity index (χ4n) is 3.46. The van der Waals surface area contributed by atoms with Crippen LogP contribution in [0, 0.1) is 0 Å². The largest absolute Gasteiger partial charge is 0.390 e. The molecule has 2 heterocycles. The van der Waals surface area contributed by atoms with Gasteiger partial charge in [-0.25, -0.2) is 0 Å². The van der Waals surface area contributed by atoms with Crippen LogP contribution in [0.5, 0.6) is 0 Å². The second-order valence-corrected chi connectivity index (χ2v) is 7.15. The van der Waals surface area contributed by atoms with Crippen molar-refractivity contribution in [3.63, 3.8) is 0 Å². The molecule has 1 aromatic rings. The number of nitrogens with zero attached hydrogens (tertiary/aromatic N) is 4. The van der Waals surface area contributed by atoms with Crippen molar-refractivity contribution in [2.75, 3.05) is 45.2 Å². The number of nitrogens with one attached hydrogen (secondary N) is 1. The van der Waals surface area contributed by atoms with Crippen LogP contribution < -0.4 is 10.2 Å². The van der Waals surface area contributed by atoms with E-state index in [4.69, 9.17) is 0 Å². The predicted molar refractivity (Wildman–Crippen MR) is 95.0 cm³/mol. The maximum absolute atomic E-state index is 10.2. The Hall–Kier alpha value is -1.11. The molecule has 1 saturated heterocycles. The molecule has 6 nitrogen and oxygen atoms in total. The molecule has 1 aliphatic rings. The van der Waals surface area contributed by atoms with E-state index in [1.54, 1.807) is 0 Å². The van der Waals surface area contributed by atoms with Gasteiger partial charge in [0.05, 0.1) is 11.8 Å². The molecule has 0 saturated carbocycles. The summed E-state index contributed by atoms with van der Waals surface area (Å²) in [6.07, 6.45) is 2.22. The molecular weight excluding hydrogens is 290 g/mol. The van der Waals surface area contributed by atoms with Crippen LogP contribution in [0.25, 0.3) is 0 Å². The molecule has 1 aromatic heterocycles. The summed E-state index contributed by atoms with van der Waals surface area (Å²) >= 11 is 0. The van der Waals surface area contributed by atoms with Crippen LogP contribution in [0.3, 0.4) is 0 Å². The van der Waals surface area contributed by atoms with Crippen molar-refractivity contribution >= 4 is 5.82 Å². The molecule has 132 valence electrons. The Balaban J connectivity index is 1.93. The summed E-state index contributed by atoms with van der Waals surface area (Å²) in [6, 6.07) is 0. The topological polar surface area (TPSA) is 56.6 Å². The summed E-state index contributed by atoms with van der Waals surface area (Å²) in [7, 11) is 6.09. The van der Waals surface area contributed by atoms with E-state index >= 15 is 0 Å². The van der Waals surface area contributed by atoms with E-state index in [9.17, 15) is 5.11 Å². The first kappa shape index (κ1) is 18.2. The van der Waals surface area contributed by atoms with E-state index in [-0.39, 0.29) is 6.10 Å². The number of aryl methyl sites for hydroxylation is 1. The first-order valence-electron chi connectivity index (χ1n) is 8.74. The summed E-state index contributed by atoms with van der Waals surface area (Å²) in [5.74, 6) is 1.52. The minimum Gasteiger partial charge on any atom is -0.390 e. The Morgan fingerprint density at radius 2 is 1.91 bits per heavy atom. The minimum atomic E-state index is -0.310. The molecule has 23 heavy (non-hydrogen) atoms. The van der Waals surface area contributed by atoms with E-state index in [2.05, 4.69) is 34.1 Å². The molecule has 0 radical (unpaired) electrons. The van der Waals surface area contributed by atoms with E-state index < -0.39 is 0 Å². The summed E-state index contributed by atoms with van der Waals surface area (Å²) in [5.41, 5.74) is 2.37. The summed E-state index contributed by atoms with van der Waals surface area (Å²) in [5, 5.41) is 18.3. The highest BCUT2D eigenvalue weighted by Gasteiger charge is 2.20. The first-order valence-corrected chi connectivity index (χ1v) is 8.74. The average Bonchev–Trinajstić information content (AvgIpc) is 3.06. The fraction of sp³-hybridized carbons (Fsp3) is 0.824. The van der Waals surface area contributed by atoms with E-state index in [0.29, 0.717) is 12.5 Å².